The number of fused-ring (bicyclic) bond motifs is 1. The molecule has 1 aromatic heterocycles. The van der Waals surface area contributed by atoms with Crippen molar-refractivity contribution >= 4 is 30.6 Å². The van der Waals surface area contributed by atoms with Gasteiger partial charge < -0.3 is 20.7 Å². The topological polar surface area (TPSA) is 102 Å². The molecule has 1 saturated carbocycles. The van der Waals surface area contributed by atoms with Crippen molar-refractivity contribution in [2.75, 3.05) is 5.32 Å². The quantitative estimate of drug-likeness (QED) is 0.722. The molecule has 140 valence electrons. The molecular formula is C19H23BN4O3. The van der Waals surface area contributed by atoms with Crippen LogP contribution in [0.5, 0.6) is 5.75 Å². The number of aromatic nitrogens is 2. The predicted octanol–water partition coefficient (Wildman–Crippen LogP) is 2.90. The van der Waals surface area contributed by atoms with Crippen LogP contribution in [0.15, 0.2) is 30.4 Å². The van der Waals surface area contributed by atoms with Gasteiger partial charge in [0.25, 0.3) is 5.91 Å². The number of nitrogens with two attached hydrogens (primary N) is 1. The van der Waals surface area contributed by atoms with Gasteiger partial charge >= 0.3 is 7.12 Å². The summed E-state index contributed by atoms with van der Waals surface area (Å²) in [6.45, 7) is 2.23. The second-order valence-electron chi connectivity index (χ2n) is 7.31. The van der Waals surface area contributed by atoms with Crippen molar-refractivity contribution in [2.24, 2.45) is 11.7 Å². The number of benzene rings is 1. The number of nitrogens with one attached hydrogen (secondary N) is 1. The van der Waals surface area contributed by atoms with Crippen LogP contribution in [-0.4, -0.2) is 27.8 Å². The summed E-state index contributed by atoms with van der Waals surface area (Å²) < 4.78 is 7.23. The van der Waals surface area contributed by atoms with Crippen LogP contribution in [0.1, 0.15) is 54.6 Å². The van der Waals surface area contributed by atoms with Gasteiger partial charge in [-0.1, -0.05) is 25.8 Å². The highest BCUT2D eigenvalue weighted by Gasteiger charge is 2.26. The van der Waals surface area contributed by atoms with Gasteiger partial charge in [-0.05, 0) is 42.9 Å². The van der Waals surface area contributed by atoms with Crippen molar-refractivity contribution in [2.45, 2.75) is 38.6 Å². The highest BCUT2D eigenvalue weighted by Crippen LogP contribution is 2.35. The Morgan fingerprint density at radius 2 is 2.22 bits per heavy atom. The molecule has 0 spiro atoms. The van der Waals surface area contributed by atoms with E-state index in [1.807, 2.05) is 16.8 Å². The van der Waals surface area contributed by atoms with Gasteiger partial charge in [0.2, 0.25) is 0 Å². The van der Waals surface area contributed by atoms with Crippen LogP contribution in [0, 0.1) is 5.92 Å². The average molecular weight is 366 g/mol. The number of nitrogens with zero attached hydrogens (tertiary/aromatic N) is 2. The van der Waals surface area contributed by atoms with Gasteiger partial charge in [0.15, 0.2) is 5.82 Å². The summed E-state index contributed by atoms with van der Waals surface area (Å²) >= 11 is 0. The molecule has 7 nitrogen and oxygen atoms in total. The molecule has 1 amide bonds. The lowest BCUT2D eigenvalue weighted by molar-refractivity contribution is 0.100. The number of carbonyl (C=O) groups is 1. The summed E-state index contributed by atoms with van der Waals surface area (Å²) in [5, 5.41) is 17.4. The predicted molar refractivity (Wildman–Crippen MR) is 105 cm³/mol. The molecule has 1 fully saturated rings. The van der Waals surface area contributed by atoms with E-state index in [0.717, 1.165) is 17.7 Å². The fourth-order valence-electron chi connectivity index (χ4n) is 3.88. The molecule has 1 aliphatic heterocycles. The Morgan fingerprint density at radius 3 is 3.00 bits per heavy atom. The van der Waals surface area contributed by atoms with E-state index in [1.165, 1.54) is 19.3 Å². The SMILES string of the molecule is C[C@H]1CCCC[C@@H]1n1cc(C(N)=O)c(Nc2ccc3c(c2)C=CB(O)O3)n1. The van der Waals surface area contributed by atoms with E-state index < -0.39 is 13.0 Å². The summed E-state index contributed by atoms with van der Waals surface area (Å²) in [5.41, 5.74) is 7.57. The lowest BCUT2D eigenvalue weighted by Gasteiger charge is -2.28. The van der Waals surface area contributed by atoms with E-state index in [2.05, 4.69) is 17.3 Å². The molecule has 0 bridgehead atoms. The van der Waals surface area contributed by atoms with Crippen LogP contribution in [-0.2, 0) is 0 Å². The zero-order chi connectivity index (χ0) is 19.0. The molecule has 27 heavy (non-hydrogen) atoms. The van der Waals surface area contributed by atoms with Crippen LogP contribution >= 0.6 is 0 Å². The Hall–Kier alpha value is -2.74. The number of carbonyl (C=O) groups excluding carboxylic acids is 1. The first-order valence-corrected chi connectivity index (χ1v) is 9.34. The van der Waals surface area contributed by atoms with E-state index >= 15 is 0 Å². The van der Waals surface area contributed by atoms with E-state index in [9.17, 15) is 9.82 Å². The molecule has 0 saturated heterocycles. The fourth-order valence-corrected chi connectivity index (χ4v) is 3.88. The van der Waals surface area contributed by atoms with Gasteiger partial charge in [0.05, 0.1) is 6.04 Å². The van der Waals surface area contributed by atoms with E-state index in [1.54, 1.807) is 24.3 Å². The van der Waals surface area contributed by atoms with Crippen LogP contribution in [0.4, 0.5) is 11.5 Å². The molecular weight excluding hydrogens is 343 g/mol. The van der Waals surface area contributed by atoms with Crippen molar-refractivity contribution in [1.82, 2.24) is 9.78 Å². The first-order valence-electron chi connectivity index (χ1n) is 9.34. The van der Waals surface area contributed by atoms with Gasteiger partial charge in [0.1, 0.15) is 11.3 Å². The lowest BCUT2D eigenvalue weighted by atomic mass is 9.86. The van der Waals surface area contributed by atoms with Crippen LogP contribution in [0.3, 0.4) is 0 Å². The van der Waals surface area contributed by atoms with Crippen LogP contribution in [0.2, 0.25) is 0 Å². The Morgan fingerprint density at radius 1 is 1.41 bits per heavy atom. The van der Waals surface area contributed by atoms with Gasteiger partial charge in [-0.3, -0.25) is 9.48 Å². The summed E-state index contributed by atoms with van der Waals surface area (Å²) in [6.07, 6.45) is 8.20. The minimum Gasteiger partial charge on any atom is -0.532 e. The molecule has 2 atom stereocenters. The maximum Gasteiger partial charge on any atom is 0.552 e. The number of primary amides is 1. The lowest BCUT2D eigenvalue weighted by Crippen LogP contribution is -2.21. The zero-order valence-electron chi connectivity index (χ0n) is 15.3. The maximum absolute atomic E-state index is 11.9. The molecule has 0 unspecified atom stereocenters. The molecule has 2 heterocycles. The van der Waals surface area contributed by atoms with Gasteiger partial charge in [0, 0.05) is 17.4 Å². The monoisotopic (exact) mass is 366 g/mol. The Labute approximate surface area is 158 Å². The largest absolute Gasteiger partial charge is 0.552 e. The highest BCUT2D eigenvalue weighted by molar-refractivity contribution is 6.51. The number of hydrogen-bond donors (Lipinski definition) is 3. The number of anilines is 2. The standard InChI is InChI=1S/C19H23BN4O3/c1-12-4-2-3-5-16(12)24-11-15(18(21)25)19(23-24)22-14-6-7-17-13(10-14)8-9-20(26)27-17/h6-12,16,26H,2-5H2,1H3,(H2,21,25)(H,22,23)/t12-,16-/m0/s1. The molecule has 0 radical (unpaired) electrons. The number of rotatable bonds is 4. The van der Waals surface area contributed by atoms with Gasteiger partial charge in [-0.15, -0.1) is 0 Å². The minimum absolute atomic E-state index is 0.286. The summed E-state index contributed by atoms with van der Waals surface area (Å²) in [6, 6.07) is 5.76. The molecule has 1 aliphatic carbocycles. The molecule has 2 aliphatic rings. The minimum atomic E-state index is -0.925. The average Bonchev–Trinajstić information content (AvgIpc) is 3.06. The molecule has 1 aromatic carbocycles. The summed E-state index contributed by atoms with van der Waals surface area (Å²) in [4.78, 5) is 11.9. The van der Waals surface area contributed by atoms with Crippen molar-refractivity contribution in [3.8, 4) is 5.75 Å². The second-order valence-corrected chi connectivity index (χ2v) is 7.31. The third-order valence-electron chi connectivity index (χ3n) is 5.36. The molecule has 8 heteroatoms. The fraction of sp³-hybridized carbons (Fsp3) is 0.368. The first kappa shape index (κ1) is 17.7. The first-order chi connectivity index (χ1) is 13.0. The Balaban J connectivity index is 1.62. The van der Waals surface area contributed by atoms with Gasteiger partial charge in [-0.2, -0.15) is 5.10 Å². The van der Waals surface area contributed by atoms with Gasteiger partial charge in [-0.25, -0.2) is 0 Å². The van der Waals surface area contributed by atoms with E-state index in [-0.39, 0.29) is 6.04 Å². The van der Waals surface area contributed by atoms with Crippen LogP contribution in [0.25, 0.3) is 6.08 Å². The summed E-state index contributed by atoms with van der Waals surface area (Å²) in [5.74, 6) is 2.65. The third kappa shape index (κ3) is 3.57. The van der Waals surface area contributed by atoms with Crippen molar-refractivity contribution in [1.29, 1.82) is 0 Å². The molecule has 4 rings (SSSR count). The highest BCUT2D eigenvalue weighted by atomic mass is 16.5. The molecule has 4 N–H and O–H groups in total. The Bertz CT molecular complexity index is 895. The Kier molecular flexibility index (Phi) is 4.65. The number of amides is 1. The second kappa shape index (κ2) is 7.11. The normalized spacial score (nSPS) is 21.5. The van der Waals surface area contributed by atoms with E-state index in [0.29, 0.717) is 23.0 Å². The van der Waals surface area contributed by atoms with Crippen molar-refractivity contribution < 1.29 is 14.5 Å². The smallest absolute Gasteiger partial charge is 0.532 e. The van der Waals surface area contributed by atoms with Crippen molar-refractivity contribution in [3.05, 3.63) is 41.5 Å². The number of hydrogen-bond acceptors (Lipinski definition) is 5. The third-order valence-corrected chi connectivity index (χ3v) is 5.36. The summed E-state index contributed by atoms with van der Waals surface area (Å²) in [7, 11) is -0.925. The zero-order valence-corrected chi connectivity index (χ0v) is 15.3. The van der Waals surface area contributed by atoms with Crippen molar-refractivity contribution in [3.63, 3.8) is 0 Å². The maximum atomic E-state index is 11.9. The van der Waals surface area contributed by atoms with Crippen LogP contribution < -0.4 is 15.7 Å². The molecule has 2 aromatic rings. The van der Waals surface area contributed by atoms with E-state index in [4.69, 9.17) is 10.4 Å².